The molecule has 0 aliphatic heterocycles. The molecule has 3 nitrogen and oxygen atoms in total. The monoisotopic (exact) mass is 205 g/mol. The van der Waals surface area contributed by atoms with E-state index < -0.39 is 0 Å². The lowest BCUT2D eigenvalue weighted by Crippen LogP contribution is -1.94. The molecule has 1 aromatic carbocycles. The van der Waals surface area contributed by atoms with Crippen LogP contribution >= 0.6 is 0 Å². The van der Waals surface area contributed by atoms with Crippen LogP contribution in [0.25, 0.3) is 11.3 Å². The van der Waals surface area contributed by atoms with Crippen LogP contribution in [0.15, 0.2) is 24.4 Å². The molecule has 0 amide bonds. The zero-order chi connectivity index (χ0) is 11.0. The quantitative estimate of drug-likeness (QED) is 0.774. The van der Waals surface area contributed by atoms with Crippen molar-refractivity contribution in [3.8, 4) is 11.3 Å². The lowest BCUT2D eigenvalue weighted by atomic mass is 10.1. The van der Waals surface area contributed by atoms with Crippen molar-refractivity contribution in [1.82, 2.24) is 9.55 Å². The van der Waals surface area contributed by atoms with Crippen LogP contribution in [0.2, 0.25) is 0 Å². The summed E-state index contributed by atoms with van der Waals surface area (Å²) in [5.41, 5.74) is 7.87. The first-order valence-corrected chi connectivity index (χ1v) is 4.63. The summed E-state index contributed by atoms with van der Waals surface area (Å²) in [6, 6.07) is 4.90. The van der Waals surface area contributed by atoms with E-state index in [0.717, 1.165) is 11.3 Å². The van der Waals surface area contributed by atoms with Gasteiger partial charge in [0.05, 0.1) is 5.69 Å². The Morgan fingerprint density at radius 1 is 1.40 bits per heavy atom. The van der Waals surface area contributed by atoms with Gasteiger partial charge in [0, 0.05) is 18.8 Å². The minimum Gasteiger partial charge on any atom is -0.369 e. The minimum absolute atomic E-state index is 0.206. The average molecular weight is 205 g/mol. The van der Waals surface area contributed by atoms with E-state index in [1.165, 1.54) is 6.07 Å². The van der Waals surface area contributed by atoms with Gasteiger partial charge in [-0.2, -0.15) is 0 Å². The molecule has 78 valence electrons. The standard InChI is InChI=1S/C11H12FN3/c1-7-5-8(3-4-9(7)12)10-6-15(2)11(13)14-10/h3-6H,1-2H3,(H2,13,14). The fourth-order valence-corrected chi connectivity index (χ4v) is 1.42. The van der Waals surface area contributed by atoms with Crippen LogP contribution in [0.4, 0.5) is 10.3 Å². The third-order valence-electron chi connectivity index (χ3n) is 2.37. The number of aromatic nitrogens is 2. The van der Waals surface area contributed by atoms with E-state index in [1.54, 1.807) is 23.6 Å². The highest BCUT2D eigenvalue weighted by Crippen LogP contribution is 2.21. The van der Waals surface area contributed by atoms with Gasteiger partial charge in [-0.05, 0) is 30.7 Å². The van der Waals surface area contributed by atoms with Gasteiger partial charge in [-0.3, -0.25) is 0 Å². The third-order valence-corrected chi connectivity index (χ3v) is 2.37. The highest BCUT2D eigenvalue weighted by atomic mass is 19.1. The summed E-state index contributed by atoms with van der Waals surface area (Å²) < 4.78 is 14.8. The van der Waals surface area contributed by atoms with Crippen LogP contribution in [0, 0.1) is 12.7 Å². The summed E-state index contributed by atoms with van der Waals surface area (Å²) in [7, 11) is 1.82. The maximum absolute atomic E-state index is 13.0. The fraction of sp³-hybridized carbons (Fsp3) is 0.182. The Balaban J connectivity index is 2.49. The molecule has 1 aromatic heterocycles. The number of rotatable bonds is 1. The van der Waals surface area contributed by atoms with E-state index in [4.69, 9.17) is 5.73 Å². The maximum atomic E-state index is 13.0. The first kappa shape index (κ1) is 9.71. The van der Waals surface area contributed by atoms with Crippen molar-refractivity contribution >= 4 is 5.95 Å². The van der Waals surface area contributed by atoms with E-state index in [1.807, 2.05) is 13.2 Å². The second-order valence-electron chi connectivity index (χ2n) is 3.56. The Morgan fingerprint density at radius 3 is 2.67 bits per heavy atom. The van der Waals surface area contributed by atoms with Gasteiger partial charge < -0.3 is 10.3 Å². The fourth-order valence-electron chi connectivity index (χ4n) is 1.42. The van der Waals surface area contributed by atoms with Gasteiger partial charge in [0.25, 0.3) is 0 Å². The predicted octanol–water partition coefficient (Wildman–Crippen LogP) is 2.12. The Labute approximate surface area is 87.4 Å². The smallest absolute Gasteiger partial charge is 0.200 e. The van der Waals surface area contributed by atoms with Gasteiger partial charge in [-0.25, -0.2) is 9.37 Å². The number of hydrogen-bond acceptors (Lipinski definition) is 2. The first-order chi connectivity index (χ1) is 7.08. The van der Waals surface area contributed by atoms with Crippen molar-refractivity contribution in [3.05, 3.63) is 35.8 Å². The molecular weight excluding hydrogens is 193 g/mol. The number of halogens is 1. The van der Waals surface area contributed by atoms with Gasteiger partial charge in [0.1, 0.15) is 5.82 Å². The molecule has 0 unspecified atom stereocenters. The van der Waals surface area contributed by atoms with Gasteiger partial charge in [0.15, 0.2) is 5.95 Å². The molecular formula is C11H12FN3. The largest absolute Gasteiger partial charge is 0.369 e. The summed E-state index contributed by atoms with van der Waals surface area (Å²) in [6.07, 6.45) is 1.82. The highest BCUT2D eigenvalue weighted by molar-refractivity contribution is 5.61. The second-order valence-corrected chi connectivity index (χ2v) is 3.56. The SMILES string of the molecule is Cc1cc(-c2cn(C)c(N)n2)ccc1F. The zero-order valence-corrected chi connectivity index (χ0v) is 8.66. The van der Waals surface area contributed by atoms with Crippen molar-refractivity contribution in [3.63, 3.8) is 0 Å². The number of benzene rings is 1. The zero-order valence-electron chi connectivity index (χ0n) is 8.66. The number of anilines is 1. The summed E-state index contributed by atoms with van der Waals surface area (Å²) >= 11 is 0. The van der Waals surface area contributed by atoms with Crippen LogP contribution in [0.3, 0.4) is 0 Å². The molecule has 0 atom stereocenters. The molecule has 1 heterocycles. The topological polar surface area (TPSA) is 43.8 Å². The summed E-state index contributed by atoms with van der Waals surface area (Å²) in [6.45, 7) is 1.73. The number of nitrogens with two attached hydrogens (primary N) is 1. The third kappa shape index (κ3) is 1.70. The van der Waals surface area contributed by atoms with Crippen LogP contribution in [0.5, 0.6) is 0 Å². The van der Waals surface area contributed by atoms with E-state index >= 15 is 0 Å². The van der Waals surface area contributed by atoms with E-state index in [2.05, 4.69) is 4.98 Å². The van der Waals surface area contributed by atoms with Gasteiger partial charge >= 0.3 is 0 Å². The minimum atomic E-state index is -0.206. The molecule has 0 aliphatic carbocycles. The maximum Gasteiger partial charge on any atom is 0.200 e. The van der Waals surface area contributed by atoms with Crippen LogP contribution in [-0.4, -0.2) is 9.55 Å². The molecule has 2 aromatic rings. The first-order valence-electron chi connectivity index (χ1n) is 4.63. The van der Waals surface area contributed by atoms with Crippen molar-refractivity contribution in [2.75, 3.05) is 5.73 Å². The summed E-state index contributed by atoms with van der Waals surface area (Å²) in [4.78, 5) is 4.17. The van der Waals surface area contributed by atoms with Gasteiger partial charge in [0.2, 0.25) is 0 Å². The second kappa shape index (κ2) is 3.38. The number of nitrogen functional groups attached to an aromatic ring is 1. The number of imidazole rings is 1. The Kier molecular flexibility index (Phi) is 2.19. The Morgan fingerprint density at radius 2 is 2.13 bits per heavy atom. The summed E-state index contributed by atoms with van der Waals surface area (Å²) in [5, 5.41) is 0. The number of aryl methyl sites for hydroxylation is 2. The van der Waals surface area contributed by atoms with E-state index in [0.29, 0.717) is 11.5 Å². The predicted molar refractivity (Wildman–Crippen MR) is 57.8 cm³/mol. The number of nitrogens with zero attached hydrogens (tertiary/aromatic N) is 2. The molecule has 0 fully saturated rings. The van der Waals surface area contributed by atoms with Gasteiger partial charge in [-0.1, -0.05) is 0 Å². The lowest BCUT2D eigenvalue weighted by Gasteiger charge is -1.99. The molecule has 2 N–H and O–H groups in total. The van der Waals surface area contributed by atoms with E-state index in [-0.39, 0.29) is 5.82 Å². The molecule has 0 aliphatic rings. The molecule has 15 heavy (non-hydrogen) atoms. The van der Waals surface area contributed by atoms with Crippen LogP contribution in [0.1, 0.15) is 5.56 Å². The molecule has 0 bridgehead atoms. The van der Waals surface area contributed by atoms with Crippen molar-refractivity contribution in [2.24, 2.45) is 7.05 Å². The summed E-state index contributed by atoms with van der Waals surface area (Å²) in [5.74, 6) is 0.245. The average Bonchev–Trinajstić information content (AvgIpc) is 2.52. The van der Waals surface area contributed by atoms with Crippen molar-refractivity contribution in [2.45, 2.75) is 6.92 Å². The molecule has 0 radical (unpaired) electrons. The lowest BCUT2D eigenvalue weighted by molar-refractivity contribution is 0.619. The molecule has 0 saturated carbocycles. The van der Waals surface area contributed by atoms with Gasteiger partial charge in [-0.15, -0.1) is 0 Å². The van der Waals surface area contributed by atoms with Crippen LogP contribution in [-0.2, 0) is 7.05 Å². The Bertz CT molecular complexity index is 483. The van der Waals surface area contributed by atoms with Crippen molar-refractivity contribution < 1.29 is 4.39 Å². The number of hydrogen-bond donors (Lipinski definition) is 1. The van der Waals surface area contributed by atoms with Crippen molar-refractivity contribution in [1.29, 1.82) is 0 Å². The molecule has 0 saturated heterocycles. The normalized spacial score (nSPS) is 10.6. The Hall–Kier alpha value is -1.84. The molecule has 2 rings (SSSR count). The van der Waals surface area contributed by atoms with E-state index in [9.17, 15) is 4.39 Å². The molecule has 4 heteroatoms. The van der Waals surface area contributed by atoms with Crippen LogP contribution < -0.4 is 5.73 Å². The highest BCUT2D eigenvalue weighted by Gasteiger charge is 2.06. The molecule has 0 spiro atoms.